The summed E-state index contributed by atoms with van der Waals surface area (Å²) in [5.74, 6) is -0.915. The van der Waals surface area contributed by atoms with E-state index in [0.717, 1.165) is 6.54 Å². The lowest BCUT2D eigenvalue weighted by molar-refractivity contribution is -0.142. The van der Waals surface area contributed by atoms with E-state index in [-0.39, 0.29) is 12.1 Å². The summed E-state index contributed by atoms with van der Waals surface area (Å²) < 4.78 is 5.22. The Morgan fingerprint density at radius 1 is 1.60 bits per heavy atom. The lowest BCUT2D eigenvalue weighted by Gasteiger charge is -2.29. The Morgan fingerprint density at radius 2 is 2.20 bits per heavy atom. The van der Waals surface area contributed by atoms with Gasteiger partial charge in [0.05, 0.1) is 6.10 Å². The van der Waals surface area contributed by atoms with Gasteiger partial charge in [0.1, 0.15) is 5.54 Å². The maximum absolute atomic E-state index is 10.9. The predicted molar refractivity (Wildman–Crippen MR) is 56.7 cm³/mol. The molecule has 3 atom stereocenters. The number of nitrogens with two attached hydrogens (primary N) is 1. The lowest BCUT2D eigenvalue weighted by atomic mass is 10.0. The standard InChI is InChI=1S/C10H20N2O3/c1-7(8(2)15-3)12-5-4-10(11,6-12)9(13)14/h7-8H,4-6,11H2,1-3H3,(H,13,14). The van der Waals surface area contributed by atoms with Gasteiger partial charge in [-0.1, -0.05) is 0 Å². The molecule has 3 N–H and O–H groups in total. The van der Waals surface area contributed by atoms with E-state index in [2.05, 4.69) is 4.90 Å². The fraction of sp³-hybridized carbons (Fsp3) is 0.900. The molecule has 1 rings (SSSR count). The van der Waals surface area contributed by atoms with Crippen molar-refractivity contribution in [2.75, 3.05) is 20.2 Å². The molecule has 1 saturated heterocycles. The van der Waals surface area contributed by atoms with E-state index in [4.69, 9.17) is 15.6 Å². The highest BCUT2D eigenvalue weighted by molar-refractivity contribution is 5.79. The van der Waals surface area contributed by atoms with E-state index < -0.39 is 11.5 Å². The summed E-state index contributed by atoms with van der Waals surface area (Å²) in [6.45, 7) is 5.12. The van der Waals surface area contributed by atoms with Crippen LogP contribution in [0.25, 0.3) is 0 Å². The van der Waals surface area contributed by atoms with Crippen molar-refractivity contribution in [1.29, 1.82) is 0 Å². The maximum atomic E-state index is 10.9. The maximum Gasteiger partial charge on any atom is 0.325 e. The van der Waals surface area contributed by atoms with E-state index in [1.807, 2.05) is 13.8 Å². The first-order valence-corrected chi connectivity index (χ1v) is 5.20. The summed E-state index contributed by atoms with van der Waals surface area (Å²) in [6.07, 6.45) is 0.587. The number of ether oxygens (including phenoxy) is 1. The Morgan fingerprint density at radius 3 is 2.60 bits per heavy atom. The number of methoxy groups -OCH3 is 1. The van der Waals surface area contributed by atoms with Crippen molar-refractivity contribution in [3.05, 3.63) is 0 Å². The van der Waals surface area contributed by atoms with Crippen LogP contribution in [0.5, 0.6) is 0 Å². The molecule has 0 radical (unpaired) electrons. The van der Waals surface area contributed by atoms with Crippen LogP contribution in [0.2, 0.25) is 0 Å². The Balaban J connectivity index is 2.60. The van der Waals surface area contributed by atoms with Gasteiger partial charge in [0.15, 0.2) is 0 Å². The average molecular weight is 216 g/mol. The molecule has 15 heavy (non-hydrogen) atoms. The van der Waals surface area contributed by atoms with Crippen molar-refractivity contribution in [3.8, 4) is 0 Å². The molecule has 5 nitrogen and oxygen atoms in total. The monoisotopic (exact) mass is 216 g/mol. The number of carboxylic acid groups (broad SMARTS) is 1. The molecule has 1 aliphatic rings. The third kappa shape index (κ3) is 2.48. The molecule has 0 spiro atoms. The molecule has 5 heteroatoms. The zero-order valence-electron chi connectivity index (χ0n) is 9.56. The van der Waals surface area contributed by atoms with Crippen molar-refractivity contribution in [3.63, 3.8) is 0 Å². The summed E-state index contributed by atoms with van der Waals surface area (Å²) >= 11 is 0. The van der Waals surface area contributed by atoms with Gasteiger partial charge in [-0.2, -0.15) is 0 Å². The quantitative estimate of drug-likeness (QED) is 0.686. The number of likely N-dealkylation sites (tertiary alicyclic amines) is 1. The summed E-state index contributed by atoms with van der Waals surface area (Å²) in [7, 11) is 1.66. The second kappa shape index (κ2) is 4.47. The van der Waals surface area contributed by atoms with Crippen LogP contribution in [0, 0.1) is 0 Å². The van der Waals surface area contributed by atoms with Crippen molar-refractivity contribution in [1.82, 2.24) is 4.90 Å². The van der Waals surface area contributed by atoms with E-state index in [0.29, 0.717) is 13.0 Å². The van der Waals surface area contributed by atoms with Gasteiger partial charge in [0.25, 0.3) is 0 Å². The van der Waals surface area contributed by atoms with E-state index in [9.17, 15) is 4.79 Å². The van der Waals surface area contributed by atoms with Crippen LogP contribution >= 0.6 is 0 Å². The van der Waals surface area contributed by atoms with Gasteiger partial charge in [-0.25, -0.2) is 0 Å². The largest absolute Gasteiger partial charge is 0.480 e. The van der Waals surface area contributed by atoms with Crippen molar-refractivity contribution < 1.29 is 14.6 Å². The Bertz CT molecular complexity index is 247. The molecule has 0 saturated carbocycles. The van der Waals surface area contributed by atoms with Crippen LogP contribution in [-0.2, 0) is 9.53 Å². The van der Waals surface area contributed by atoms with Gasteiger partial charge in [0, 0.05) is 26.2 Å². The number of hydrogen-bond donors (Lipinski definition) is 2. The molecule has 0 bridgehead atoms. The first-order chi connectivity index (χ1) is 6.90. The van der Waals surface area contributed by atoms with E-state index in [1.54, 1.807) is 7.11 Å². The van der Waals surface area contributed by atoms with Gasteiger partial charge in [0.2, 0.25) is 0 Å². The van der Waals surface area contributed by atoms with Gasteiger partial charge < -0.3 is 15.6 Å². The van der Waals surface area contributed by atoms with Crippen molar-refractivity contribution in [2.24, 2.45) is 5.73 Å². The Labute approximate surface area is 90.2 Å². The molecule has 1 heterocycles. The molecular weight excluding hydrogens is 196 g/mol. The minimum Gasteiger partial charge on any atom is -0.480 e. The van der Waals surface area contributed by atoms with Crippen LogP contribution in [0.3, 0.4) is 0 Å². The molecule has 0 aromatic carbocycles. The minimum atomic E-state index is -1.08. The lowest BCUT2D eigenvalue weighted by Crippen LogP contribution is -2.52. The van der Waals surface area contributed by atoms with Crippen LogP contribution < -0.4 is 5.73 Å². The van der Waals surface area contributed by atoms with Crippen LogP contribution in [0.1, 0.15) is 20.3 Å². The fourth-order valence-electron chi connectivity index (χ4n) is 1.88. The summed E-state index contributed by atoms with van der Waals surface area (Å²) in [4.78, 5) is 13.0. The molecule has 1 fully saturated rings. The van der Waals surface area contributed by atoms with Crippen molar-refractivity contribution >= 4 is 5.97 Å². The van der Waals surface area contributed by atoms with E-state index >= 15 is 0 Å². The summed E-state index contributed by atoms with van der Waals surface area (Å²) in [5.41, 5.74) is 4.71. The number of rotatable bonds is 4. The molecule has 0 aliphatic carbocycles. The number of hydrogen-bond acceptors (Lipinski definition) is 4. The Hall–Kier alpha value is -0.650. The minimum absolute atomic E-state index is 0.0844. The number of carboxylic acids is 1. The molecule has 1 aliphatic heterocycles. The van der Waals surface area contributed by atoms with Crippen LogP contribution in [0.15, 0.2) is 0 Å². The molecule has 0 amide bonds. The summed E-state index contributed by atoms with van der Waals surface area (Å²) in [6, 6.07) is 0.194. The highest BCUT2D eigenvalue weighted by Crippen LogP contribution is 2.22. The second-order valence-corrected chi connectivity index (χ2v) is 4.36. The van der Waals surface area contributed by atoms with E-state index in [1.165, 1.54) is 0 Å². The third-order valence-corrected chi connectivity index (χ3v) is 3.38. The molecule has 3 unspecified atom stereocenters. The van der Waals surface area contributed by atoms with Gasteiger partial charge in [-0.3, -0.25) is 9.69 Å². The summed E-state index contributed by atoms with van der Waals surface area (Å²) in [5, 5.41) is 8.98. The van der Waals surface area contributed by atoms with Gasteiger partial charge >= 0.3 is 5.97 Å². The smallest absolute Gasteiger partial charge is 0.325 e. The first-order valence-electron chi connectivity index (χ1n) is 5.20. The zero-order valence-corrected chi connectivity index (χ0v) is 9.56. The average Bonchev–Trinajstić information content (AvgIpc) is 2.60. The van der Waals surface area contributed by atoms with Crippen molar-refractivity contribution in [2.45, 2.75) is 38.0 Å². The highest BCUT2D eigenvalue weighted by Gasteiger charge is 2.43. The molecule has 0 aromatic rings. The topological polar surface area (TPSA) is 75.8 Å². The third-order valence-electron chi connectivity index (χ3n) is 3.38. The fourth-order valence-corrected chi connectivity index (χ4v) is 1.88. The second-order valence-electron chi connectivity index (χ2n) is 4.36. The highest BCUT2D eigenvalue weighted by atomic mass is 16.5. The van der Waals surface area contributed by atoms with Crippen LogP contribution in [-0.4, -0.2) is 53.9 Å². The predicted octanol–water partition coefficient (Wildman–Crippen LogP) is -0.102. The molecular formula is C10H20N2O3. The Kier molecular flexibility index (Phi) is 3.70. The van der Waals surface area contributed by atoms with Gasteiger partial charge in [-0.15, -0.1) is 0 Å². The number of carbonyl (C=O) groups is 1. The zero-order chi connectivity index (χ0) is 11.6. The number of nitrogens with zero attached hydrogens (tertiary/aromatic N) is 1. The first kappa shape index (κ1) is 12.4. The molecule has 0 aromatic heterocycles. The molecule has 88 valence electrons. The van der Waals surface area contributed by atoms with Crippen LogP contribution in [0.4, 0.5) is 0 Å². The van der Waals surface area contributed by atoms with Gasteiger partial charge in [-0.05, 0) is 20.3 Å². The number of aliphatic carboxylic acids is 1. The SMILES string of the molecule is COC(C)C(C)N1CCC(N)(C(=O)O)C1. The normalized spacial score (nSPS) is 31.5.